The van der Waals surface area contributed by atoms with Crippen LogP contribution in [-0.2, 0) is 58.9 Å². The number of aliphatic hydroxyl groups is 1. The first-order chi connectivity index (χ1) is 32.0. The molecule has 4 aliphatic carbocycles. The molecule has 2 saturated carbocycles. The predicted octanol–water partition coefficient (Wildman–Crippen LogP) is 8.57. The highest BCUT2D eigenvalue weighted by atomic mass is 32.2. The Morgan fingerprint density at radius 1 is 0.597 bits per heavy atom. The minimum absolute atomic E-state index is 0.00151. The van der Waals surface area contributed by atoms with Gasteiger partial charge < -0.3 is 14.6 Å². The first kappa shape index (κ1) is 45.5. The van der Waals surface area contributed by atoms with Crippen LogP contribution >= 0.6 is 0 Å². The van der Waals surface area contributed by atoms with Gasteiger partial charge in [-0.1, -0.05) is 97.8 Å². The molecule has 2 fully saturated rings. The van der Waals surface area contributed by atoms with Crippen LogP contribution in [0.3, 0.4) is 0 Å². The van der Waals surface area contributed by atoms with E-state index in [0.717, 1.165) is 55.2 Å². The van der Waals surface area contributed by atoms with Crippen LogP contribution in [0.15, 0.2) is 143 Å². The monoisotopic (exact) mass is 938 g/mol. The number of fused-ring (bicyclic) bond motifs is 4. The van der Waals surface area contributed by atoms with Crippen LogP contribution in [0.1, 0.15) is 94.8 Å². The molecule has 1 unspecified atom stereocenters. The van der Waals surface area contributed by atoms with Gasteiger partial charge in [0.25, 0.3) is 20.0 Å². The second kappa shape index (κ2) is 17.2. The molecular formula is C53H50N2O10S2. The van der Waals surface area contributed by atoms with Gasteiger partial charge in [-0.15, -0.1) is 0 Å². The molecule has 6 aromatic rings. The molecular weight excluding hydrogens is 889 g/mol. The van der Waals surface area contributed by atoms with Crippen molar-refractivity contribution in [1.82, 2.24) is 0 Å². The first-order valence-corrected chi connectivity index (χ1v) is 25.1. The molecule has 0 saturated heterocycles. The van der Waals surface area contributed by atoms with E-state index in [1.165, 1.54) is 26.4 Å². The zero-order valence-electron chi connectivity index (χ0n) is 37.3. The fraction of sp³-hybridized carbons (Fsp3) is 0.264. The van der Waals surface area contributed by atoms with Gasteiger partial charge in [-0.05, 0) is 115 Å². The van der Waals surface area contributed by atoms with Crippen molar-refractivity contribution in [2.75, 3.05) is 23.7 Å². The molecule has 344 valence electrons. The number of hydrogen-bond acceptors (Lipinski definition) is 10. The molecule has 1 atom stereocenters. The summed E-state index contributed by atoms with van der Waals surface area (Å²) in [6, 6.07) is 37.5. The fourth-order valence-electron chi connectivity index (χ4n) is 10.2. The Morgan fingerprint density at radius 3 is 1.51 bits per heavy atom. The molecule has 4 aliphatic rings. The summed E-state index contributed by atoms with van der Waals surface area (Å²) in [6.45, 7) is 1.69. The number of methoxy groups -OCH3 is 2. The molecule has 14 heteroatoms. The van der Waals surface area contributed by atoms with E-state index < -0.39 is 36.5 Å². The smallest absolute Gasteiger partial charge is 0.265 e. The molecule has 12 nitrogen and oxygen atoms in total. The van der Waals surface area contributed by atoms with Crippen molar-refractivity contribution in [1.29, 1.82) is 0 Å². The van der Waals surface area contributed by atoms with Crippen LogP contribution in [0, 0.1) is 0 Å². The number of Topliss-reactive ketones (excluding diaryl/α,β-unsaturated/α-hetero) is 2. The third-order valence-electron chi connectivity index (χ3n) is 14.0. The number of hydrogen-bond donors (Lipinski definition) is 3. The number of anilines is 2. The molecule has 67 heavy (non-hydrogen) atoms. The summed E-state index contributed by atoms with van der Waals surface area (Å²) in [4.78, 5) is 39.5. The van der Waals surface area contributed by atoms with Crippen molar-refractivity contribution in [2.24, 2.45) is 0 Å². The number of para-hydroxylation sites is 2. The van der Waals surface area contributed by atoms with Gasteiger partial charge >= 0.3 is 0 Å². The lowest BCUT2D eigenvalue weighted by molar-refractivity contribution is -0.126. The zero-order chi connectivity index (χ0) is 47.4. The highest BCUT2D eigenvalue weighted by Gasteiger charge is 2.53. The zero-order valence-corrected chi connectivity index (χ0v) is 38.9. The van der Waals surface area contributed by atoms with Crippen LogP contribution in [0.4, 0.5) is 11.4 Å². The number of sulfonamides is 2. The molecule has 0 radical (unpaired) electrons. The van der Waals surface area contributed by atoms with E-state index in [-0.39, 0.29) is 57.2 Å². The SMILES string of the molecule is COc1ccccc1S(=O)(=O)Nc1cc(C(=O)c2ccccc2)c2c(c1)C1(CCC1)C(=O)C2.COc1ccccc1S(=O)(=O)Nc1cc2c(c(C(C)(O)c3ccccc3)c1)CC(=O)C21CCC1. The minimum atomic E-state index is -3.99. The van der Waals surface area contributed by atoms with Gasteiger partial charge in [0.15, 0.2) is 5.78 Å². The van der Waals surface area contributed by atoms with Gasteiger partial charge in [0.2, 0.25) is 0 Å². The summed E-state index contributed by atoms with van der Waals surface area (Å²) < 4.78 is 68.8. The minimum Gasteiger partial charge on any atom is -0.495 e. The Labute approximate surface area is 390 Å². The molecule has 3 N–H and O–H groups in total. The highest BCUT2D eigenvalue weighted by Crippen LogP contribution is 2.54. The topological polar surface area (TPSA) is 182 Å². The van der Waals surface area contributed by atoms with E-state index in [0.29, 0.717) is 33.5 Å². The Morgan fingerprint density at radius 2 is 1.03 bits per heavy atom. The fourth-order valence-corrected chi connectivity index (χ4v) is 12.6. The maximum atomic E-state index is 13.4. The lowest BCUT2D eigenvalue weighted by atomic mass is 9.64. The van der Waals surface area contributed by atoms with Gasteiger partial charge in [-0.3, -0.25) is 23.8 Å². The lowest BCUT2D eigenvalue weighted by Crippen LogP contribution is -2.39. The molecule has 10 rings (SSSR count). The summed E-state index contributed by atoms with van der Waals surface area (Å²) in [6.07, 6.45) is 5.26. The quantitative estimate of drug-likeness (QED) is 0.101. The molecule has 6 aromatic carbocycles. The normalized spacial score (nSPS) is 17.2. The number of nitrogens with one attached hydrogen (secondary N) is 2. The number of ketones is 3. The van der Waals surface area contributed by atoms with Crippen LogP contribution in [-0.4, -0.2) is 53.5 Å². The number of carbonyl (C=O) groups excluding carboxylic acids is 3. The second-order valence-electron chi connectivity index (χ2n) is 17.8. The van der Waals surface area contributed by atoms with Gasteiger partial charge in [0.1, 0.15) is 38.5 Å². The first-order valence-electron chi connectivity index (χ1n) is 22.2. The maximum Gasteiger partial charge on any atom is 0.265 e. The van der Waals surface area contributed by atoms with Crippen molar-refractivity contribution in [2.45, 2.75) is 84.5 Å². The van der Waals surface area contributed by atoms with Crippen LogP contribution in [0.25, 0.3) is 0 Å². The summed E-state index contributed by atoms with van der Waals surface area (Å²) in [7, 11) is -5.14. The van der Waals surface area contributed by atoms with Crippen LogP contribution in [0.2, 0.25) is 0 Å². The van der Waals surface area contributed by atoms with Crippen molar-refractivity contribution >= 4 is 48.8 Å². The van der Waals surface area contributed by atoms with Crippen molar-refractivity contribution in [3.8, 4) is 11.5 Å². The summed E-state index contributed by atoms with van der Waals surface area (Å²) in [5.74, 6) is 0.476. The van der Waals surface area contributed by atoms with Gasteiger partial charge in [-0.2, -0.15) is 0 Å². The summed E-state index contributed by atoms with van der Waals surface area (Å²) >= 11 is 0. The second-order valence-corrected chi connectivity index (χ2v) is 21.1. The molecule has 0 amide bonds. The lowest BCUT2D eigenvalue weighted by Gasteiger charge is -2.38. The van der Waals surface area contributed by atoms with Crippen molar-refractivity contribution < 1.29 is 45.8 Å². The molecule has 0 bridgehead atoms. The van der Waals surface area contributed by atoms with E-state index >= 15 is 0 Å². The molecule has 0 aromatic heterocycles. The van der Waals surface area contributed by atoms with E-state index in [1.54, 1.807) is 91.9 Å². The summed E-state index contributed by atoms with van der Waals surface area (Å²) in [5, 5.41) is 11.7. The average molecular weight is 939 g/mol. The Bertz CT molecular complexity index is 3180. The largest absolute Gasteiger partial charge is 0.495 e. The van der Waals surface area contributed by atoms with Crippen molar-refractivity contribution in [3.05, 3.63) is 178 Å². The van der Waals surface area contributed by atoms with E-state index in [1.807, 2.05) is 36.4 Å². The summed E-state index contributed by atoms with van der Waals surface area (Å²) in [5.41, 5.74) is 3.19. The third-order valence-corrected chi connectivity index (χ3v) is 16.9. The molecule has 2 spiro atoms. The van der Waals surface area contributed by atoms with Gasteiger partial charge in [0, 0.05) is 35.3 Å². The molecule has 0 aliphatic heterocycles. The Balaban J connectivity index is 0.000000168. The van der Waals surface area contributed by atoms with Gasteiger partial charge in [-0.25, -0.2) is 16.8 Å². The standard InChI is InChI=1S/C27H27NO5S.C26H23NO5S/c1-26(30,18-9-4-3-5-10-18)21-15-19(16-22-20(21)17-25(29)27(22)13-8-14-27)28-34(31,32)24-12-7-6-11-23(24)33-2;1-32-22-10-5-6-11-23(22)33(30,31)27-18-14-20(25(29)17-8-3-2-4-9-17)19-16-24(28)26(12-7-13-26)21(19)15-18/h3-7,9-12,15-16,28,30H,8,13-14,17H2,1-2H3;2-6,8-11,14-15,27H,7,12-13,16H2,1H3. The van der Waals surface area contributed by atoms with Crippen LogP contribution < -0.4 is 18.9 Å². The van der Waals surface area contributed by atoms with E-state index in [4.69, 9.17) is 9.47 Å². The molecule has 0 heterocycles. The van der Waals surface area contributed by atoms with Crippen LogP contribution in [0.5, 0.6) is 11.5 Å². The van der Waals surface area contributed by atoms with Gasteiger partial charge in [0.05, 0.1) is 25.0 Å². The highest BCUT2D eigenvalue weighted by molar-refractivity contribution is 7.93. The number of ether oxygens (including phenoxy) is 2. The number of carbonyl (C=O) groups is 3. The Hall–Kier alpha value is -6.61. The average Bonchev–Trinajstić information content (AvgIpc) is 3.78. The third kappa shape index (κ3) is 7.90. The maximum absolute atomic E-state index is 13.4. The van der Waals surface area contributed by atoms with E-state index in [9.17, 15) is 36.3 Å². The predicted molar refractivity (Wildman–Crippen MR) is 254 cm³/mol. The number of rotatable bonds is 12. The van der Waals surface area contributed by atoms with Crippen molar-refractivity contribution in [3.63, 3.8) is 0 Å². The van der Waals surface area contributed by atoms with E-state index in [2.05, 4.69) is 9.44 Å². The Kier molecular flexibility index (Phi) is 11.7. The number of benzene rings is 6.